The fraction of sp³-hybridized carbons (Fsp3) is 0.500. The zero-order valence-corrected chi connectivity index (χ0v) is 42.1. The Morgan fingerprint density at radius 1 is 0.484 bits per heavy atom. The first-order valence-corrected chi connectivity index (χ1v) is 22.7. The molecule has 0 radical (unpaired) electrons. The Morgan fingerprint density at radius 3 is 1.36 bits per heavy atom. The zero-order chi connectivity index (χ0) is 47.7. The number of rotatable bonds is 18. The number of fused-ring (bicyclic) bond motifs is 8. The molecule has 0 saturated heterocycles. The summed E-state index contributed by atoms with van der Waals surface area (Å²) < 4.78 is 15.3. The molecule has 0 aliphatic carbocycles. The van der Waals surface area contributed by atoms with Crippen LogP contribution in [0.25, 0.3) is 36.5 Å². The van der Waals surface area contributed by atoms with Gasteiger partial charge >= 0.3 is 11.9 Å². The lowest BCUT2D eigenvalue weighted by Gasteiger charge is -2.33. The van der Waals surface area contributed by atoms with Crippen molar-refractivity contribution < 1.29 is 37.0 Å². The van der Waals surface area contributed by atoms with Gasteiger partial charge in [0.25, 0.3) is 0 Å². The van der Waals surface area contributed by atoms with Gasteiger partial charge in [-0.1, -0.05) is 25.3 Å². The third-order valence-electron chi connectivity index (χ3n) is 12.0. The second-order valence-corrected chi connectivity index (χ2v) is 22.2. The molecule has 12 heteroatoms. The second kappa shape index (κ2) is 19.1. The predicted octanol–water partition coefficient (Wildman–Crippen LogP) is 3.66. The highest BCUT2D eigenvalue weighted by Crippen LogP contribution is 2.24. The van der Waals surface area contributed by atoms with Crippen molar-refractivity contribution in [1.29, 1.82) is 0 Å². The molecule has 0 atom stereocenters. The van der Waals surface area contributed by atoms with Crippen LogP contribution in [-0.4, -0.2) is 173 Å². The normalized spacial score (nSPS) is 13.3. The summed E-state index contributed by atoms with van der Waals surface area (Å²) in [5, 5.41) is 3.73. The van der Waals surface area contributed by atoms with Crippen molar-refractivity contribution in [2.24, 2.45) is 0 Å². The smallest absolute Gasteiger partial charge is 0.306 e. The van der Waals surface area contributed by atoms with Crippen molar-refractivity contribution in [1.82, 2.24) is 19.9 Å². The molecule has 0 amide bonds. The van der Waals surface area contributed by atoms with E-state index in [-0.39, 0.29) is 37.0 Å². The minimum atomic E-state index is -0.222. The SMILES string of the molecule is C=Cc1c2[nH]c(c1C)C=c1[nH]c(c(CCC(=O)OC(C[N+](C)(C)C)C[N+](C)(C)C)c1C)=Cc1[nH]c(c(C)c1CCC(=O)OC(C[N+](C)(C)C)C[N+](C)(C)C)C=c1[nH]c(c(C)c1C=C)=C2. The summed E-state index contributed by atoms with van der Waals surface area (Å²) in [5.74, 6) is -0.422. The summed E-state index contributed by atoms with van der Waals surface area (Å²) in [4.78, 5) is 42.4. The van der Waals surface area contributed by atoms with Gasteiger partial charge in [0.05, 0.1) is 84.6 Å². The fourth-order valence-corrected chi connectivity index (χ4v) is 9.12. The molecule has 12 nitrogen and oxygen atoms in total. The molecule has 5 heterocycles. The van der Waals surface area contributed by atoms with Crippen molar-refractivity contribution in [2.45, 2.75) is 65.6 Å². The predicted molar refractivity (Wildman–Crippen MR) is 263 cm³/mol. The Hall–Kier alpha value is -5.14. The molecule has 0 aromatic carbocycles. The van der Waals surface area contributed by atoms with Gasteiger partial charge in [-0.15, -0.1) is 0 Å². The molecule has 1 aliphatic heterocycles. The summed E-state index contributed by atoms with van der Waals surface area (Å²) in [7, 11) is 25.5. The van der Waals surface area contributed by atoms with Crippen LogP contribution in [0.3, 0.4) is 0 Å². The van der Waals surface area contributed by atoms with E-state index in [1.807, 2.05) is 12.2 Å². The van der Waals surface area contributed by atoms with E-state index in [1.165, 1.54) is 0 Å². The number of H-pyrrole nitrogens is 4. The van der Waals surface area contributed by atoms with Gasteiger partial charge < -0.3 is 47.3 Å². The zero-order valence-electron chi connectivity index (χ0n) is 42.1. The number of quaternary nitrogens is 4. The first kappa shape index (κ1) is 49.9. The molecule has 64 heavy (non-hydrogen) atoms. The number of hydrogen-bond acceptors (Lipinski definition) is 4. The monoisotopic (exact) mass is 881 g/mol. The van der Waals surface area contributed by atoms with Gasteiger partial charge in [0.2, 0.25) is 0 Å². The van der Waals surface area contributed by atoms with E-state index in [4.69, 9.17) is 9.47 Å². The first-order valence-electron chi connectivity index (χ1n) is 22.7. The molecule has 5 rings (SSSR count). The van der Waals surface area contributed by atoms with E-state index < -0.39 is 0 Å². The van der Waals surface area contributed by atoms with E-state index in [0.29, 0.717) is 30.8 Å². The van der Waals surface area contributed by atoms with E-state index in [2.05, 4.69) is 170 Å². The minimum absolute atomic E-state index is 0.211. The number of esters is 2. The van der Waals surface area contributed by atoms with Gasteiger partial charge in [-0.25, -0.2) is 0 Å². The molecule has 348 valence electrons. The maximum absolute atomic E-state index is 13.8. The van der Waals surface area contributed by atoms with Crippen LogP contribution >= 0.6 is 0 Å². The minimum Gasteiger partial charge on any atom is -0.450 e. The van der Waals surface area contributed by atoms with Gasteiger partial charge in [-0.3, -0.25) is 9.59 Å². The highest BCUT2D eigenvalue weighted by Gasteiger charge is 2.30. The van der Waals surface area contributed by atoms with Crippen LogP contribution in [-0.2, 0) is 31.9 Å². The number of nitrogens with zero attached hydrogens (tertiary/aromatic N) is 4. The highest BCUT2D eigenvalue weighted by molar-refractivity contribution is 5.73. The second-order valence-electron chi connectivity index (χ2n) is 22.2. The van der Waals surface area contributed by atoms with Crippen molar-refractivity contribution in [3.63, 3.8) is 0 Å². The molecule has 4 aromatic heterocycles. The average molecular weight is 881 g/mol. The van der Waals surface area contributed by atoms with Crippen LogP contribution in [0.5, 0.6) is 0 Å². The summed E-state index contributed by atoms with van der Waals surface area (Å²) >= 11 is 0. The maximum atomic E-state index is 13.8. The Morgan fingerprint density at radius 2 is 0.875 bits per heavy atom. The number of hydrogen-bond donors (Lipinski definition) is 4. The Kier molecular flexibility index (Phi) is 14.9. The van der Waals surface area contributed by atoms with Crippen LogP contribution in [0.15, 0.2) is 13.2 Å². The number of nitrogens with one attached hydrogen (secondary N) is 4. The average Bonchev–Trinajstić information content (AvgIpc) is 3.79. The molecular weight excluding hydrogens is 801 g/mol. The number of ether oxygens (including phenoxy) is 2. The molecule has 1 aliphatic rings. The van der Waals surface area contributed by atoms with Crippen molar-refractivity contribution in [2.75, 3.05) is 111 Å². The van der Waals surface area contributed by atoms with Gasteiger partial charge in [0, 0.05) is 68.1 Å². The summed E-state index contributed by atoms with van der Waals surface area (Å²) in [6.07, 6.45) is 13.4. The Balaban J connectivity index is 1.67. The highest BCUT2D eigenvalue weighted by atomic mass is 16.5. The quantitative estimate of drug-likeness (QED) is 0.0796. The van der Waals surface area contributed by atoms with Gasteiger partial charge in [-0.05, 0) is 98.2 Å². The van der Waals surface area contributed by atoms with Gasteiger partial charge in [-0.2, -0.15) is 0 Å². The van der Waals surface area contributed by atoms with E-state index >= 15 is 0 Å². The van der Waals surface area contributed by atoms with E-state index in [0.717, 1.165) is 115 Å². The third kappa shape index (κ3) is 13.0. The van der Waals surface area contributed by atoms with Crippen LogP contribution < -0.4 is 21.4 Å². The topological polar surface area (TPSA) is 116 Å². The molecule has 4 aromatic rings. The molecule has 0 saturated carbocycles. The Labute approximate surface area is 382 Å². The van der Waals surface area contributed by atoms with Crippen molar-refractivity contribution >= 4 is 48.4 Å². The molecule has 8 bridgehead atoms. The largest absolute Gasteiger partial charge is 0.450 e. The van der Waals surface area contributed by atoms with E-state index in [1.54, 1.807) is 0 Å². The number of carbonyl (C=O) groups excluding carboxylic acids is 2. The van der Waals surface area contributed by atoms with Gasteiger partial charge in [0.15, 0.2) is 12.2 Å². The summed E-state index contributed by atoms with van der Waals surface area (Å²) in [6.45, 7) is 19.7. The van der Waals surface area contributed by atoms with Crippen LogP contribution in [0, 0.1) is 27.7 Å². The third-order valence-corrected chi connectivity index (χ3v) is 12.0. The van der Waals surface area contributed by atoms with Gasteiger partial charge in [0.1, 0.15) is 26.2 Å². The number of likely N-dealkylation sites (N-methyl/N-ethyl adjacent to an activating group) is 4. The molecule has 0 spiro atoms. The van der Waals surface area contributed by atoms with Crippen LogP contribution in [0.1, 0.15) is 80.1 Å². The molecule has 0 unspecified atom stereocenters. The molecule has 4 N–H and O–H groups in total. The van der Waals surface area contributed by atoms with Crippen molar-refractivity contribution in [3.8, 4) is 0 Å². The lowest BCUT2D eigenvalue weighted by Crippen LogP contribution is -2.51. The summed E-state index contributed by atoms with van der Waals surface area (Å²) in [6, 6.07) is 0. The van der Waals surface area contributed by atoms with E-state index in [9.17, 15) is 9.59 Å². The van der Waals surface area contributed by atoms with Crippen molar-refractivity contribution in [3.05, 3.63) is 102 Å². The molecule has 0 fully saturated rings. The standard InChI is InChI=1S/C52H80N8O4/c1-19-39-33(3)43-25-44-35(5)41(21-23-51(61)63-37(29-57(7,8)9)30-58(10,11)12)49(55-44)28-50-42(22-24-52(62)64-38(31-59(13,14)15)32-60(16,17)18)36(6)46(56-50)27-48-40(20-2)34(4)45(54-48)26-47(39)53-43/h19-20,25-28,37-38,53-56H,1-2,21-24,29-32H2,3-18H3/q+4. The molecular formula is C52H80N8O4+4. The maximum Gasteiger partial charge on any atom is 0.306 e. The lowest BCUT2D eigenvalue weighted by molar-refractivity contribution is -0.895. The number of aromatic nitrogens is 4. The number of carbonyl (C=O) groups is 2. The van der Waals surface area contributed by atoms with Crippen LogP contribution in [0.2, 0.25) is 0 Å². The lowest BCUT2D eigenvalue weighted by atomic mass is 10.0. The van der Waals surface area contributed by atoms with Crippen LogP contribution in [0.4, 0.5) is 0 Å². The number of aromatic amines is 4. The first-order chi connectivity index (χ1) is 29.5. The fourth-order valence-electron chi connectivity index (χ4n) is 9.12. The Bertz CT molecular complexity index is 2610. The summed E-state index contributed by atoms with van der Waals surface area (Å²) in [5.41, 5.74) is 12.1.